The van der Waals surface area contributed by atoms with Gasteiger partial charge >= 0.3 is 5.97 Å². The number of sulfonamides is 1. The molecule has 0 aliphatic heterocycles. The Morgan fingerprint density at radius 2 is 2.05 bits per heavy atom. The molecule has 1 aromatic carbocycles. The molecule has 0 bridgehead atoms. The summed E-state index contributed by atoms with van der Waals surface area (Å²) in [7, 11) is -1.17. The molecule has 112 valence electrons. The lowest BCUT2D eigenvalue weighted by Crippen LogP contribution is -2.37. The Morgan fingerprint density at radius 1 is 1.40 bits per heavy atom. The highest BCUT2D eigenvalue weighted by molar-refractivity contribution is 7.89. The van der Waals surface area contributed by atoms with Crippen LogP contribution in [0, 0.1) is 0 Å². The molecule has 0 spiro atoms. The van der Waals surface area contributed by atoms with Gasteiger partial charge in [-0.15, -0.1) is 0 Å². The van der Waals surface area contributed by atoms with Crippen LogP contribution < -0.4 is 15.2 Å². The molecule has 0 unspecified atom stereocenters. The monoisotopic (exact) mass is 302 g/mol. The summed E-state index contributed by atoms with van der Waals surface area (Å²) < 4.78 is 36.2. The van der Waals surface area contributed by atoms with Crippen LogP contribution in [-0.2, 0) is 14.8 Å². The van der Waals surface area contributed by atoms with Gasteiger partial charge < -0.3 is 15.2 Å². The minimum Gasteiger partial charge on any atom is -0.496 e. The van der Waals surface area contributed by atoms with Crippen LogP contribution in [0.1, 0.15) is 17.3 Å². The first-order chi connectivity index (χ1) is 9.35. The molecule has 1 rings (SSSR count). The van der Waals surface area contributed by atoms with Gasteiger partial charge in [0, 0.05) is 12.6 Å². The van der Waals surface area contributed by atoms with Gasteiger partial charge in [0.05, 0.1) is 19.1 Å². The van der Waals surface area contributed by atoms with Crippen molar-refractivity contribution in [2.45, 2.75) is 17.9 Å². The number of nitrogens with one attached hydrogen (secondary N) is 1. The molecular weight excluding hydrogens is 284 g/mol. The largest absolute Gasteiger partial charge is 0.496 e. The van der Waals surface area contributed by atoms with E-state index in [2.05, 4.69) is 9.46 Å². The summed E-state index contributed by atoms with van der Waals surface area (Å²) in [5.41, 5.74) is 5.42. The Bertz CT molecular complexity index is 586. The number of benzene rings is 1. The van der Waals surface area contributed by atoms with Gasteiger partial charge in [-0.05, 0) is 25.1 Å². The van der Waals surface area contributed by atoms with E-state index in [-0.39, 0.29) is 22.8 Å². The smallest absolute Gasteiger partial charge is 0.341 e. The van der Waals surface area contributed by atoms with E-state index in [1.165, 1.54) is 32.4 Å². The summed E-state index contributed by atoms with van der Waals surface area (Å²) in [6, 6.07) is 3.53. The Balaban J connectivity index is 3.24. The molecule has 0 saturated carbocycles. The molecule has 20 heavy (non-hydrogen) atoms. The summed E-state index contributed by atoms with van der Waals surface area (Å²) in [6.07, 6.45) is 0. The Morgan fingerprint density at radius 3 is 2.55 bits per heavy atom. The molecular formula is C12H18N2O5S. The number of hydrogen-bond acceptors (Lipinski definition) is 6. The van der Waals surface area contributed by atoms with E-state index in [1.807, 2.05) is 0 Å². The molecule has 8 heteroatoms. The van der Waals surface area contributed by atoms with Crippen molar-refractivity contribution in [2.24, 2.45) is 5.73 Å². The van der Waals surface area contributed by atoms with E-state index in [4.69, 9.17) is 10.5 Å². The predicted octanol–water partition coefficient (Wildman–Crippen LogP) is 0.107. The van der Waals surface area contributed by atoms with Crippen molar-refractivity contribution in [1.82, 2.24) is 4.72 Å². The lowest BCUT2D eigenvalue weighted by molar-refractivity contribution is 0.0597. The Kier molecular flexibility index (Phi) is 5.49. The summed E-state index contributed by atoms with van der Waals surface area (Å²) in [6.45, 7) is 1.81. The molecule has 0 heterocycles. The standard InChI is InChI=1S/C12H18N2O5S/c1-8(7-13)14-20(16,17)9-4-5-11(18-2)10(6-9)12(15)19-3/h4-6,8,14H,7,13H2,1-3H3/t8-/m0/s1. The van der Waals surface area contributed by atoms with Gasteiger partial charge in [-0.2, -0.15) is 0 Å². The minimum atomic E-state index is -3.75. The molecule has 3 N–H and O–H groups in total. The van der Waals surface area contributed by atoms with Crippen molar-refractivity contribution in [2.75, 3.05) is 20.8 Å². The first-order valence-corrected chi connectivity index (χ1v) is 7.32. The van der Waals surface area contributed by atoms with Crippen LogP contribution >= 0.6 is 0 Å². The third-order valence-electron chi connectivity index (χ3n) is 2.60. The second kappa shape index (κ2) is 6.69. The SMILES string of the molecule is COC(=O)c1cc(S(=O)(=O)N[C@@H](C)CN)ccc1OC. The topological polar surface area (TPSA) is 108 Å². The van der Waals surface area contributed by atoms with Crippen molar-refractivity contribution in [3.63, 3.8) is 0 Å². The number of ether oxygens (including phenoxy) is 2. The molecule has 0 aromatic heterocycles. The molecule has 0 aliphatic carbocycles. The fourth-order valence-corrected chi connectivity index (χ4v) is 2.79. The quantitative estimate of drug-likeness (QED) is 0.722. The second-order valence-corrected chi connectivity index (χ2v) is 5.83. The first-order valence-electron chi connectivity index (χ1n) is 5.84. The van der Waals surface area contributed by atoms with Gasteiger partial charge in [-0.3, -0.25) is 0 Å². The maximum absolute atomic E-state index is 12.1. The van der Waals surface area contributed by atoms with Gasteiger partial charge in [-0.25, -0.2) is 17.9 Å². The number of hydrogen-bond donors (Lipinski definition) is 2. The third-order valence-corrected chi connectivity index (χ3v) is 4.18. The average molecular weight is 302 g/mol. The summed E-state index contributed by atoms with van der Waals surface area (Å²) in [4.78, 5) is 11.6. The fraction of sp³-hybridized carbons (Fsp3) is 0.417. The van der Waals surface area contributed by atoms with Crippen molar-refractivity contribution in [3.05, 3.63) is 23.8 Å². The minimum absolute atomic E-state index is 0.0401. The highest BCUT2D eigenvalue weighted by Gasteiger charge is 2.21. The highest BCUT2D eigenvalue weighted by atomic mass is 32.2. The van der Waals surface area contributed by atoms with E-state index in [0.717, 1.165) is 0 Å². The van der Waals surface area contributed by atoms with Crippen LogP contribution in [-0.4, -0.2) is 41.2 Å². The summed E-state index contributed by atoms with van der Waals surface area (Å²) in [5, 5.41) is 0. The van der Waals surface area contributed by atoms with Crippen LogP contribution in [0.15, 0.2) is 23.1 Å². The number of carbonyl (C=O) groups is 1. The third kappa shape index (κ3) is 3.69. The molecule has 0 saturated heterocycles. The lowest BCUT2D eigenvalue weighted by atomic mass is 10.2. The Hall–Kier alpha value is -1.64. The molecule has 0 aliphatic rings. The Labute approximate surface area is 118 Å². The van der Waals surface area contributed by atoms with Gasteiger partial charge in [0.2, 0.25) is 10.0 Å². The number of esters is 1. The van der Waals surface area contributed by atoms with Crippen LogP contribution in [0.3, 0.4) is 0 Å². The molecule has 1 aromatic rings. The van der Waals surface area contributed by atoms with Crippen molar-refractivity contribution in [3.8, 4) is 5.75 Å². The van der Waals surface area contributed by atoms with Gasteiger partial charge in [-0.1, -0.05) is 0 Å². The summed E-state index contributed by atoms with van der Waals surface area (Å²) in [5.74, 6) is -0.437. The first kappa shape index (κ1) is 16.4. The van der Waals surface area contributed by atoms with E-state index in [0.29, 0.717) is 0 Å². The maximum atomic E-state index is 12.1. The van der Waals surface area contributed by atoms with Crippen LogP contribution in [0.2, 0.25) is 0 Å². The zero-order chi connectivity index (χ0) is 15.3. The fourth-order valence-electron chi connectivity index (χ4n) is 1.50. The normalized spacial score (nSPS) is 12.8. The van der Waals surface area contributed by atoms with Gasteiger partial charge in [0.15, 0.2) is 0 Å². The molecule has 0 amide bonds. The highest BCUT2D eigenvalue weighted by Crippen LogP contribution is 2.23. The van der Waals surface area contributed by atoms with E-state index < -0.39 is 22.0 Å². The second-order valence-electron chi connectivity index (χ2n) is 4.11. The van der Waals surface area contributed by atoms with Crippen molar-refractivity contribution in [1.29, 1.82) is 0 Å². The molecule has 1 atom stereocenters. The van der Waals surface area contributed by atoms with E-state index in [1.54, 1.807) is 6.92 Å². The molecule has 0 radical (unpaired) electrons. The predicted molar refractivity (Wildman–Crippen MR) is 73.2 cm³/mol. The van der Waals surface area contributed by atoms with Crippen molar-refractivity contribution < 1.29 is 22.7 Å². The molecule has 0 fully saturated rings. The van der Waals surface area contributed by atoms with Crippen LogP contribution in [0.5, 0.6) is 5.75 Å². The summed E-state index contributed by atoms with van der Waals surface area (Å²) >= 11 is 0. The molecule has 7 nitrogen and oxygen atoms in total. The van der Waals surface area contributed by atoms with E-state index in [9.17, 15) is 13.2 Å². The van der Waals surface area contributed by atoms with Gasteiger partial charge in [0.25, 0.3) is 0 Å². The zero-order valence-corrected chi connectivity index (χ0v) is 12.4. The zero-order valence-electron chi connectivity index (χ0n) is 11.5. The number of rotatable bonds is 6. The lowest BCUT2D eigenvalue weighted by Gasteiger charge is -2.13. The van der Waals surface area contributed by atoms with Gasteiger partial charge in [0.1, 0.15) is 11.3 Å². The van der Waals surface area contributed by atoms with Crippen LogP contribution in [0.25, 0.3) is 0 Å². The number of carbonyl (C=O) groups excluding carboxylic acids is 1. The maximum Gasteiger partial charge on any atom is 0.341 e. The number of methoxy groups -OCH3 is 2. The van der Waals surface area contributed by atoms with Crippen LogP contribution in [0.4, 0.5) is 0 Å². The average Bonchev–Trinajstić information content (AvgIpc) is 2.44. The number of nitrogens with two attached hydrogens (primary N) is 1. The van der Waals surface area contributed by atoms with E-state index >= 15 is 0 Å². The van der Waals surface area contributed by atoms with Crippen molar-refractivity contribution >= 4 is 16.0 Å².